The van der Waals surface area contributed by atoms with Crippen LogP contribution < -0.4 is 5.73 Å². The molecule has 0 saturated heterocycles. The van der Waals surface area contributed by atoms with Crippen molar-refractivity contribution in [3.05, 3.63) is 64.2 Å². The van der Waals surface area contributed by atoms with Crippen LogP contribution in [0.2, 0.25) is 5.02 Å². The number of nitrogen functional groups attached to an aromatic ring is 1. The van der Waals surface area contributed by atoms with E-state index in [9.17, 15) is 4.79 Å². The summed E-state index contributed by atoms with van der Waals surface area (Å²) in [5, 5.41) is 0.669. The van der Waals surface area contributed by atoms with Gasteiger partial charge in [-0.25, -0.2) is 0 Å². The Bertz CT molecular complexity index is 622. The number of halogens is 1. The van der Waals surface area contributed by atoms with Crippen molar-refractivity contribution < 1.29 is 4.79 Å². The van der Waals surface area contributed by atoms with Gasteiger partial charge < -0.3 is 5.73 Å². The summed E-state index contributed by atoms with van der Waals surface area (Å²) in [4.78, 5) is 12.0. The van der Waals surface area contributed by atoms with Gasteiger partial charge in [-0.15, -0.1) is 0 Å². The van der Waals surface area contributed by atoms with Gasteiger partial charge in [-0.1, -0.05) is 35.9 Å². The molecule has 2 rings (SSSR count). The molecule has 2 aromatic rings. The molecule has 20 heavy (non-hydrogen) atoms. The van der Waals surface area contributed by atoms with Crippen LogP contribution in [0, 0.1) is 6.92 Å². The van der Waals surface area contributed by atoms with E-state index in [4.69, 9.17) is 17.3 Å². The summed E-state index contributed by atoms with van der Waals surface area (Å²) in [7, 11) is 0. The van der Waals surface area contributed by atoms with E-state index in [2.05, 4.69) is 0 Å². The average Bonchev–Trinajstić information content (AvgIpc) is 2.40. The molecule has 0 aliphatic rings. The minimum absolute atomic E-state index is 0.193. The summed E-state index contributed by atoms with van der Waals surface area (Å²) in [5.74, 6) is 0.193. The predicted octanol–water partition coefficient (Wildman–Crippen LogP) is 3.98. The Morgan fingerprint density at radius 3 is 2.70 bits per heavy atom. The first kappa shape index (κ1) is 14.6. The molecule has 0 aromatic heterocycles. The van der Waals surface area contributed by atoms with Gasteiger partial charge in [0, 0.05) is 23.6 Å². The van der Waals surface area contributed by atoms with Gasteiger partial charge in [-0.05, 0) is 48.2 Å². The molecule has 0 radical (unpaired) electrons. The van der Waals surface area contributed by atoms with E-state index in [-0.39, 0.29) is 5.78 Å². The predicted molar refractivity (Wildman–Crippen MR) is 84.1 cm³/mol. The summed E-state index contributed by atoms with van der Waals surface area (Å²) in [6, 6.07) is 13.4. The molecular weight excluding hydrogens is 270 g/mol. The number of benzene rings is 2. The lowest BCUT2D eigenvalue weighted by molar-refractivity contribution is -0.118. The highest BCUT2D eigenvalue weighted by Gasteiger charge is 2.08. The van der Waals surface area contributed by atoms with Crippen LogP contribution in [0.4, 0.5) is 5.69 Å². The standard InChI is InChI=1S/C17H18ClNO/c1-12-5-7-14(17(18)9-12)11-16(20)8-6-13-3-2-4-15(19)10-13/h2-5,7,9-10H,6,8,11,19H2,1H3. The molecule has 0 spiro atoms. The van der Waals surface area contributed by atoms with Crippen molar-refractivity contribution in [2.24, 2.45) is 0 Å². The van der Waals surface area contributed by atoms with Crippen LogP contribution >= 0.6 is 11.6 Å². The van der Waals surface area contributed by atoms with Gasteiger partial charge in [0.15, 0.2) is 0 Å². The molecule has 2 aromatic carbocycles. The quantitative estimate of drug-likeness (QED) is 0.846. The highest BCUT2D eigenvalue weighted by atomic mass is 35.5. The lowest BCUT2D eigenvalue weighted by atomic mass is 10.0. The van der Waals surface area contributed by atoms with E-state index in [0.29, 0.717) is 24.3 Å². The summed E-state index contributed by atoms with van der Waals surface area (Å²) >= 11 is 6.14. The molecular formula is C17H18ClNO. The van der Waals surface area contributed by atoms with Gasteiger partial charge in [0.25, 0.3) is 0 Å². The molecule has 0 fully saturated rings. The molecule has 0 aliphatic heterocycles. The first-order valence-corrected chi connectivity index (χ1v) is 7.03. The third-order valence-corrected chi connectivity index (χ3v) is 3.59. The molecule has 0 heterocycles. The van der Waals surface area contributed by atoms with Crippen molar-refractivity contribution in [3.8, 4) is 0 Å². The largest absolute Gasteiger partial charge is 0.399 e. The normalized spacial score (nSPS) is 10.5. The van der Waals surface area contributed by atoms with Crippen molar-refractivity contribution in [1.29, 1.82) is 0 Å². The zero-order valence-corrected chi connectivity index (χ0v) is 12.3. The van der Waals surface area contributed by atoms with Crippen LogP contribution in [0.1, 0.15) is 23.1 Å². The van der Waals surface area contributed by atoms with E-state index >= 15 is 0 Å². The van der Waals surface area contributed by atoms with Gasteiger partial charge in [0.2, 0.25) is 0 Å². The molecule has 104 valence electrons. The number of carbonyl (C=O) groups excluding carboxylic acids is 1. The Kier molecular flexibility index (Phi) is 4.80. The number of hydrogen-bond donors (Lipinski definition) is 1. The van der Waals surface area contributed by atoms with Gasteiger partial charge in [0.05, 0.1) is 0 Å². The fourth-order valence-electron chi connectivity index (χ4n) is 2.13. The van der Waals surface area contributed by atoms with Crippen molar-refractivity contribution >= 4 is 23.1 Å². The SMILES string of the molecule is Cc1ccc(CC(=O)CCc2cccc(N)c2)c(Cl)c1. The Morgan fingerprint density at radius 1 is 1.20 bits per heavy atom. The van der Waals surface area contributed by atoms with E-state index < -0.39 is 0 Å². The van der Waals surface area contributed by atoms with Gasteiger partial charge in [0.1, 0.15) is 5.78 Å². The molecule has 0 saturated carbocycles. The molecule has 2 nitrogen and oxygen atoms in total. The van der Waals surface area contributed by atoms with E-state index in [0.717, 1.165) is 22.4 Å². The topological polar surface area (TPSA) is 43.1 Å². The third kappa shape index (κ3) is 4.10. The highest BCUT2D eigenvalue weighted by Crippen LogP contribution is 2.19. The lowest BCUT2D eigenvalue weighted by Gasteiger charge is -2.05. The first-order chi connectivity index (χ1) is 9.54. The van der Waals surface area contributed by atoms with Gasteiger partial charge in [-0.2, -0.15) is 0 Å². The number of hydrogen-bond acceptors (Lipinski definition) is 2. The first-order valence-electron chi connectivity index (χ1n) is 6.66. The molecule has 0 atom stereocenters. The number of rotatable bonds is 5. The number of aryl methyl sites for hydroxylation is 2. The summed E-state index contributed by atoms with van der Waals surface area (Å²) in [6.07, 6.45) is 1.61. The summed E-state index contributed by atoms with van der Waals surface area (Å²) < 4.78 is 0. The number of anilines is 1. The second-order valence-electron chi connectivity index (χ2n) is 5.06. The maximum Gasteiger partial charge on any atom is 0.137 e. The number of Topliss-reactive ketones (excluding diaryl/α,β-unsaturated/α-hetero) is 1. The van der Waals surface area contributed by atoms with Crippen molar-refractivity contribution in [3.63, 3.8) is 0 Å². The molecule has 0 amide bonds. The molecule has 0 aliphatic carbocycles. The van der Waals surface area contributed by atoms with E-state index in [1.54, 1.807) is 0 Å². The second-order valence-corrected chi connectivity index (χ2v) is 5.46. The number of nitrogens with two attached hydrogens (primary N) is 1. The van der Waals surface area contributed by atoms with Crippen LogP contribution in [-0.2, 0) is 17.6 Å². The fraction of sp³-hybridized carbons (Fsp3) is 0.235. The highest BCUT2D eigenvalue weighted by molar-refractivity contribution is 6.31. The fourth-order valence-corrected chi connectivity index (χ4v) is 2.43. The smallest absolute Gasteiger partial charge is 0.137 e. The van der Waals surface area contributed by atoms with Crippen molar-refractivity contribution in [1.82, 2.24) is 0 Å². The number of ketones is 1. The van der Waals surface area contributed by atoms with Crippen LogP contribution in [0.25, 0.3) is 0 Å². The maximum atomic E-state index is 12.0. The molecule has 0 bridgehead atoms. The van der Waals surface area contributed by atoms with Gasteiger partial charge in [-0.3, -0.25) is 4.79 Å². The average molecular weight is 288 g/mol. The Morgan fingerprint density at radius 2 is 2.00 bits per heavy atom. The van der Waals surface area contributed by atoms with Crippen LogP contribution in [0.5, 0.6) is 0 Å². The van der Waals surface area contributed by atoms with Crippen molar-refractivity contribution in [2.45, 2.75) is 26.2 Å². The van der Waals surface area contributed by atoms with Crippen LogP contribution in [0.15, 0.2) is 42.5 Å². The Labute approximate surface area is 124 Å². The maximum absolute atomic E-state index is 12.0. The Hall–Kier alpha value is -1.80. The lowest BCUT2D eigenvalue weighted by Crippen LogP contribution is -2.05. The Balaban J connectivity index is 1.92. The number of carbonyl (C=O) groups is 1. The minimum Gasteiger partial charge on any atom is -0.399 e. The van der Waals surface area contributed by atoms with Crippen molar-refractivity contribution in [2.75, 3.05) is 5.73 Å². The molecule has 0 unspecified atom stereocenters. The van der Waals surface area contributed by atoms with Crippen LogP contribution in [-0.4, -0.2) is 5.78 Å². The summed E-state index contributed by atoms with van der Waals surface area (Å²) in [5.41, 5.74) is 9.54. The molecule has 3 heteroatoms. The van der Waals surface area contributed by atoms with E-state index in [1.165, 1.54) is 0 Å². The van der Waals surface area contributed by atoms with Crippen LogP contribution in [0.3, 0.4) is 0 Å². The second kappa shape index (κ2) is 6.58. The summed E-state index contributed by atoms with van der Waals surface area (Å²) in [6.45, 7) is 1.98. The molecule has 2 N–H and O–H groups in total. The van der Waals surface area contributed by atoms with Gasteiger partial charge >= 0.3 is 0 Å². The monoisotopic (exact) mass is 287 g/mol. The minimum atomic E-state index is 0.193. The third-order valence-electron chi connectivity index (χ3n) is 3.24. The van der Waals surface area contributed by atoms with E-state index in [1.807, 2.05) is 49.4 Å². The zero-order chi connectivity index (χ0) is 14.5. The zero-order valence-electron chi connectivity index (χ0n) is 11.5.